The minimum Gasteiger partial charge on any atom is -0.406 e. The Labute approximate surface area is 145 Å². The number of hydrogen-bond acceptors (Lipinski definition) is 4. The van der Waals surface area contributed by atoms with Crippen molar-refractivity contribution in [2.75, 3.05) is 11.9 Å². The first-order valence-corrected chi connectivity index (χ1v) is 7.60. The molecule has 3 rings (SSSR count). The molecule has 7 nitrogen and oxygen atoms in total. The van der Waals surface area contributed by atoms with Gasteiger partial charge in [0.15, 0.2) is 0 Å². The summed E-state index contributed by atoms with van der Waals surface area (Å²) in [6, 6.07) is 6.92. The topological polar surface area (TPSA) is 92.2 Å². The Kier molecular flexibility index (Phi) is 4.60. The van der Waals surface area contributed by atoms with Crippen molar-refractivity contribution in [2.24, 2.45) is 0 Å². The van der Waals surface area contributed by atoms with E-state index < -0.39 is 12.3 Å². The number of anilines is 1. The molecule has 0 radical (unpaired) electrons. The molecule has 26 heavy (non-hydrogen) atoms. The van der Waals surface area contributed by atoms with Gasteiger partial charge in [-0.15, -0.1) is 13.2 Å². The van der Waals surface area contributed by atoms with Crippen molar-refractivity contribution in [1.29, 1.82) is 0 Å². The molecule has 0 aliphatic carbocycles. The first kappa shape index (κ1) is 17.8. The van der Waals surface area contributed by atoms with Gasteiger partial charge < -0.3 is 20.1 Å². The van der Waals surface area contributed by atoms with Crippen LogP contribution >= 0.6 is 0 Å². The zero-order valence-electron chi connectivity index (χ0n) is 13.6. The maximum atomic E-state index is 12.4. The molecule has 10 heteroatoms. The highest BCUT2D eigenvalue weighted by Gasteiger charge is 2.31. The molecular formula is C16H15F3N4O3. The average molecular weight is 368 g/mol. The third-order valence-electron chi connectivity index (χ3n) is 3.53. The van der Waals surface area contributed by atoms with Gasteiger partial charge in [-0.25, -0.2) is 4.68 Å². The van der Waals surface area contributed by atoms with Crippen LogP contribution in [0.4, 0.5) is 19.0 Å². The summed E-state index contributed by atoms with van der Waals surface area (Å²) in [5.74, 6) is -0.463. The standard InChI is InChI=1S/C16H15F3N4O3/c1-9-6-14(23(22-9)4-5-24)21-15(25)13-7-10-2-3-11(8-12(10)20-13)26-16(17,18)19/h2-3,6-8,20,24H,4-5H2,1H3,(H,21,25). The molecule has 0 saturated heterocycles. The number of H-pyrrole nitrogens is 1. The number of amides is 1. The summed E-state index contributed by atoms with van der Waals surface area (Å²) in [6.07, 6.45) is -4.79. The van der Waals surface area contributed by atoms with Gasteiger partial charge in [0, 0.05) is 23.0 Å². The number of halogens is 3. The fraction of sp³-hybridized carbons (Fsp3) is 0.250. The number of ether oxygens (including phenoxy) is 1. The molecule has 0 unspecified atom stereocenters. The van der Waals surface area contributed by atoms with Crippen molar-refractivity contribution in [1.82, 2.24) is 14.8 Å². The molecule has 1 amide bonds. The maximum absolute atomic E-state index is 12.4. The van der Waals surface area contributed by atoms with E-state index in [1.54, 1.807) is 13.0 Å². The van der Waals surface area contributed by atoms with E-state index in [-0.39, 0.29) is 24.6 Å². The Hall–Kier alpha value is -3.01. The molecule has 0 aliphatic rings. The van der Waals surface area contributed by atoms with Crippen LogP contribution in [0.25, 0.3) is 10.9 Å². The van der Waals surface area contributed by atoms with Gasteiger partial charge in [-0.2, -0.15) is 5.10 Å². The van der Waals surface area contributed by atoms with E-state index in [1.165, 1.54) is 28.9 Å². The predicted molar refractivity (Wildman–Crippen MR) is 87.0 cm³/mol. The minimum atomic E-state index is -4.79. The van der Waals surface area contributed by atoms with E-state index >= 15 is 0 Å². The number of alkyl halides is 3. The number of nitrogens with zero attached hydrogens (tertiary/aromatic N) is 2. The quantitative estimate of drug-likeness (QED) is 0.646. The Morgan fingerprint density at radius 2 is 2.12 bits per heavy atom. The van der Waals surface area contributed by atoms with Crippen LogP contribution < -0.4 is 10.1 Å². The van der Waals surface area contributed by atoms with E-state index in [1.807, 2.05) is 0 Å². The number of aryl methyl sites for hydroxylation is 1. The molecule has 0 fully saturated rings. The molecule has 0 spiro atoms. The Morgan fingerprint density at radius 3 is 2.81 bits per heavy atom. The minimum absolute atomic E-state index is 0.141. The number of aliphatic hydroxyl groups excluding tert-OH is 1. The van der Waals surface area contributed by atoms with Crippen molar-refractivity contribution in [3.05, 3.63) is 41.7 Å². The van der Waals surface area contributed by atoms with Crippen LogP contribution in [0.15, 0.2) is 30.3 Å². The van der Waals surface area contributed by atoms with Gasteiger partial charge in [-0.05, 0) is 25.1 Å². The Balaban J connectivity index is 1.82. The van der Waals surface area contributed by atoms with E-state index in [9.17, 15) is 18.0 Å². The van der Waals surface area contributed by atoms with E-state index in [2.05, 4.69) is 20.1 Å². The molecule has 138 valence electrons. The van der Waals surface area contributed by atoms with Gasteiger partial charge in [0.05, 0.1) is 18.8 Å². The fourth-order valence-corrected chi connectivity index (χ4v) is 2.52. The average Bonchev–Trinajstić information content (AvgIpc) is 3.09. The van der Waals surface area contributed by atoms with Gasteiger partial charge in [0.2, 0.25) is 0 Å². The lowest BCUT2D eigenvalue weighted by Crippen LogP contribution is -2.17. The summed E-state index contributed by atoms with van der Waals surface area (Å²) in [5.41, 5.74) is 1.16. The van der Waals surface area contributed by atoms with Gasteiger partial charge in [0.1, 0.15) is 17.3 Å². The second kappa shape index (κ2) is 6.71. The van der Waals surface area contributed by atoms with Crippen LogP contribution in [0, 0.1) is 6.92 Å². The van der Waals surface area contributed by atoms with Crippen LogP contribution in [0.3, 0.4) is 0 Å². The number of aliphatic hydroxyl groups is 1. The number of carbonyl (C=O) groups is 1. The highest BCUT2D eigenvalue weighted by Crippen LogP contribution is 2.27. The summed E-state index contributed by atoms with van der Waals surface area (Å²) in [4.78, 5) is 15.2. The van der Waals surface area contributed by atoms with E-state index in [4.69, 9.17) is 5.11 Å². The normalized spacial score (nSPS) is 11.7. The third-order valence-corrected chi connectivity index (χ3v) is 3.53. The number of nitrogens with one attached hydrogen (secondary N) is 2. The number of aromatic amines is 1. The van der Waals surface area contributed by atoms with E-state index in [0.717, 1.165) is 0 Å². The lowest BCUT2D eigenvalue weighted by molar-refractivity contribution is -0.274. The summed E-state index contributed by atoms with van der Waals surface area (Å²) in [5, 5.41) is 16.4. The first-order chi connectivity index (χ1) is 12.2. The molecule has 0 saturated carbocycles. The number of benzene rings is 1. The van der Waals surface area contributed by atoms with Gasteiger partial charge in [-0.1, -0.05) is 0 Å². The fourth-order valence-electron chi connectivity index (χ4n) is 2.52. The van der Waals surface area contributed by atoms with Crippen LogP contribution in [0.5, 0.6) is 5.75 Å². The highest BCUT2D eigenvalue weighted by atomic mass is 19.4. The molecular weight excluding hydrogens is 353 g/mol. The Morgan fingerprint density at radius 1 is 1.35 bits per heavy atom. The smallest absolute Gasteiger partial charge is 0.406 e. The molecule has 0 atom stereocenters. The summed E-state index contributed by atoms with van der Waals surface area (Å²) >= 11 is 0. The van der Waals surface area contributed by atoms with Crippen molar-refractivity contribution >= 4 is 22.6 Å². The zero-order valence-corrected chi connectivity index (χ0v) is 13.6. The summed E-state index contributed by atoms with van der Waals surface area (Å²) < 4.78 is 42.2. The number of hydrogen-bond donors (Lipinski definition) is 3. The predicted octanol–water partition coefficient (Wildman–Crippen LogP) is 2.82. The summed E-state index contributed by atoms with van der Waals surface area (Å²) in [6.45, 7) is 1.82. The molecule has 3 N–H and O–H groups in total. The lowest BCUT2D eigenvalue weighted by atomic mass is 10.2. The monoisotopic (exact) mass is 368 g/mol. The molecule has 2 aromatic heterocycles. The maximum Gasteiger partial charge on any atom is 0.573 e. The number of rotatable bonds is 5. The molecule has 1 aromatic carbocycles. The third kappa shape index (κ3) is 3.97. The number of carbonyl (C=O) groups excluding carboxylic acids is 1. The highest BCUT2D eigenvalue weighted by molar-refractivity contribution is 6.05. The molecule has 2 heterocycles. The second-order valence-corrected chi connectivity index (χ2v) is 5.55. The van der Waals surface area contributed by atoms with Crippen molar-refractivity contribution < 1.29 is 27.8 Å². The molecule has 0 aliphatic heterocycles. The number of fused-ring (bicyclic) bond motifs is 1. The van der Waals surface area contributed by atoms with Crippen molar-refractivity contribution in [2.45, 2.75) is 19.8 Å². The zero-order chi connectivity index (χ0) is 18.9. The molecule has 3 aromatic rings. The molecule has 0 bridgehead atoms. The van der Waals surface area contributed by atoms with Gasteiger partial charge >= 0.3 is 6.36 Å². The lowest BCUT2D eigenvalue weighted by Gasteiger charge is -2.08. The largest absolute Gasteiger partial charge is 0.573 e. The van der Waals surface area contributed by atoms with Crippen molar-refractivity contribution in [3.8, 4) is 5.75 Å². The first-order valence-electron chi connectivity index (χ1n) is 7.60. The van der Waals surface area contributed by atoms with E-state index in [0.29, 0.717) is 22.4 Å². The summed E-state index contributed by atoms with van der Waals surface area (Å²) in [7, 11) is 0. The van der Waals surface area contributed by atoms with Crippen LogP contribution in [-0.4, -0.2) is 38.7 Å². The van der Waals surface area contributed by atoms with Crippen LogP contribution in [0.2, 0.25) is 0 Å². The van der Waals surface area contributed by atoms with Crippen LogP contribution in [-0.2, 0) is 6.54 Å². The SMILES string of the molecule is Cc1cc(NC(=O)c2cc3ccc(OC(F)(F)F)cc3[nH]2)n(CCO)n1. The van der Waals surface area contributed by atoms with Gasteiger partial charge in [0.25, 0.3) is 5.91 Å². The van der Waals surface area contributed by atoms with Crippen molar-refractivity contribution in [3.63, 3.8) is 0 Å². The Bertz CT molecular complexity index is 946. The van der Waals surface area contributed by atoms with Crippen LogP contribution in [0.1, 0.15) is 16.2 Å². The number of aromatic nitrogens is 3. The second-order valence-electron chi connectivity index (χ2n) is 5.55. The van der Waals surface area contributed by atoms with Gasteiger partial charge in [-0.3, -0.25) is 4.79 Å².